The van der Waals surface area contributed by atoms with Crippen LogP contribution in [0.15, 0.2) is 88.9 Å². The number of amides is 1. The van der Waals surface area contributed by atoms with Crippen LogP contribution in [0, 0.1) is 0 Å². The van der Waals surface area contributed by atoms with Gasteiger partial charge in [-0.15, -0.1) is 0 Å². The van der Waals surface area contributed by atoms with Crippen LogP contribution < -0.4 is 14.8 Å². The fourth-order valence-electron chi connectivity index (χ4n) is 3.80. The second kappa shape index (κ2) is 8.11. The lowest BCUT2D eigenvalue weighted by Gasteiger charge is -2.07. The Hall–Kier alpha value is -4.10. The van der Waals surface area contributed by atoms with Crippen LogP contribution in [-0.4, -0.2) is 22.9 Å². The lowest BCUT2D eigenvalue weighted by atomic mass is 10.0. The summed E-state index contributed by atoms with van der Waals surface area (Å²) in [6.45, 7) is 0.230. The number of nitrogens with zero attached hydrogens (tertiary/aromatic N) is 2. The zero-order chi connectivity index (χ0) is 22.2. The van der Waals surface area contributed by atoms with Crippen LogP contribution in [0.25, 0.3) is 28.1 Å². The molecule has 1 N–H and O–H groups in total. The standard InChI is InChI=1S/C26H17N3O3S/c30-25-24(13-16-7-9-20-18(12-16)4-3-11-27-20)33-26(29-25)28-21-6-2-1-5-19(21)17-8-10-22-23(14-17)32-15-31-22/h1-14H,15H2,(H,28,29,30). The number of ether oxygens (including phenoxy) is 2. The molecule has 0 radical (unpaired) electrons. The number of nitrogens with one attached hydrogen (secondary N) is 1. The van der Waals surface area contributed by atoms with Crippen molar-refractivity contribution in [2.75, 3.05) is 6.79 Å². The van der Waals surface area contributed by atoms with Crippen molar-refractivity contribution in [3.05, 3.63) is 89.5 Å². The lowest BCUT2D eigenvalue weighted by Crippen LogP contribution is -2.19. The van der Waals surface area contributed by atoms with Crippen molar-refractivity contribution in [2.24, 2.45) is 4.99 Å². The van der Waals surface area contributed by atoms with Gasteiger partial charge >= 0.3 is 0 Å². The second-order valence-corrected chi connectivity index (χ2v) is 8.55. The highest BCUT2D eigenvalue weighted by Crippen LogP contribution is 2.39. The van der Waals surface area contributed by atoms with Gasteiger partial charge < -0.3 is 14.8 Å². The highest BCUT2D eigenvalue weighted by molar-refractivity contribution is 8.18. The molecule has 33 heavy (non-hydrogen) atoms. The van der Waals surface area contributed by atoms with E-state index in [4.69, 9.17) is 14.5 Å². The minimum atomic E-state index is -0.161. The average Bonchev–Trinajstić information content (AvgIpc) is 3.45. The fraction of sp³-hybridized carbons (Fsp3) is 0.0385. The summed E-state index contributed by atoms with van der Waals surface area (Å²) in [5.41, 5.74) is 4.53. The van der Waals surface area contributed by atoms with E-state index in [1.54, 1.807) is 6.20 Å². The van der Waals surface area contributed by atoms with E-state index in [2.05, 4.69) is 10.3 Å². The van der Waals surface area contributed by atoms with Crippen molar-refractivity contribution in [3.63, 3.8) is 0 Å². The molecule has 2 aliphatic rings. The summed E-state index contributed by atoms with van der Waals surface area (Å²) in [6, 6.07) is 23.5. The number of rotatable bonds is 3. The first kappa shape index (κ1) is 19.6. The molecule has 1 aromatic heterocycles. The fourth-order valence-corrected chi connectivity index (χ4v) is 4.64. The number of thioether (sulfide) groups is 1. The summed E-state index contributed by atoms with van der Waals surface area (Å²) in [5, 5.41) is 4.45. The molecule has 1 amide bonds. The molecule has 3 heterocycles. The Kier molecular flexibility index (Phi) is 4.81. The van der Waals surface area contributed by atoms with Crippen molar-refractivity contribution < 1.29 is 14.3 Å². The van der Waals surface area contributed by atoms with E-state index in [0.717, 1.165) is 39.0 Å². The number of fused-ring (bicyclic) bond motifs is 2. The van der Waals surface area contributed by atoms with Gasteiger partial charge in [0, 0.05) is 17.1 Å². The van der Waals surface area contributed by atoms with Gasteiger partial charge in [-0.1, -0.05) is 36.4 Å². The van der Waals surface area contributed by atoms with Crippen LogP contribution in [0.3, 0.4) is 0 Å². The number of hydrogen-bond acceptors (Lipinski definition) is 6. The SMILES string of the molecule is O=C1NC(=Nc2ccccc2-c2ccc3c(c2)OCO3)SC1=Cc1ccc2ncccc2c1. The molecule has 7 heteroatoms. The van der Waals surface area contributed by atoms with Crippen LogP contribution in [0.1, 0.15) is 5.56 Å². The van der Waals surface area contributed by atoms with Gasteiger partial charge in [-0.05, 0) is 65.4 Å². The third-order valence-electron chi connectivity index (χ3n) is 5.39. The molecular weight excluding hydrogens is 434 g/mol. The molecule has 2 aliphatic heterocycles. The number of pyridine rings is 1. The maximum atomic E-state index is 12.6. The number of aliphatic imine (C=N–C) groups is 1. The second-order valence-electron chi connectivity index (χ2n) is 7.52. The smallest absolute Gasteiger partial charge is 0.264 e. The first-order valence-corrected chi connectivity index (χ1v) is 11.2. The zero-order valence-electron chi connectivity index (χ0n) is 17.3. The Morgan fingerprint density at radius 3 is 2.85 bits per heavy atom. The molecule has 3 aromatic carbocycles. The molecule has 6 nitrogen and oxygen atoms in total. The molecule has 0 bridgehead atoms. The van der Waals surface area contributed by atoms with E-state index >= 15 is 0 Å². The normalized spacial score (nSPS) is 17.2. The molecule has 1 saturated heterocycles. The van der Waals surface area contributed by atoms with Gasteiger partial charge in [0.05, 0.1) is 16.1 Å². The van der Waals surface area contributed by atoms with Crippen molar-refractivity contribution in [2.45, 2.75) is 0 Å². The van der Waals surface area contributed by atoms with E-state index in [-0.39, 0.29) is 12.7 Å². The predicted molar refractivity (Wildman–Crippen MR) is 131 cm³/mol. The highest BCUT2D eigenvalue weighted by Gasteiger charge is 2.24. The van der Waals surface area contributed by atoms with Crippen molar-refractivity contribution in [1.82, 2.24) is 10.3 Å². The van der Waals surface area contributed by atoms with Crippen LogP contribution in [0.4, 0.5) is 5.69 Å². The van der Waals surface area contributed by atoms with E-state index in [9.17, 15) is 4.79 Å². The monoisotopic (exact) mass is 451 g/mol. The van der Waals surface area contributed by atoms with Gasteiger partial charge in [-0.3, -0.25) is 9.78 Å². The van der Waals surface area contributed by atoms with Gasteiger partial charge in [-0.25, -0.2) is 4.99 Å². The maximum Gasteiger partial charge on any atom is 0.264 e. The Labute approximate surface area is 194 Å². The predicted octanol–water partition coefficient (Wildman–Crippen LogP) is 5.52. The minimum absolute atomic E-state index is 0.161. The number of amidine groups is 1. The number of hydrogen-bond donors (Lipinski definition) is 1. The first-order chi connectivity index (χ1) is 16.2. The van der Waals surface area contributed by atoms with E-state index in [0.29, 0.717) is 15.8 Å². The number of para-hydroxylation sites is 1. The minimum Gasteiger partial charge on any atom is -0.454 e. The molecule has 0 unspecified atom stereocenters. The quantitative estimate of drug-likeness (QED) is 0.415. The van der Waals surface area contributed by atoms with Crippen molar-refractivity contribution in [3.8, 4) is 22.6 Å². The first-order valence-electron chi connectivity index (χ1n) is 10.4. The highest BCUT2D eigenvalue weighted by atomic mass is 32.2. The molecule has 0 atom stereocenters. The average molecular weight is 452 g/mol. The summed E-state index contributed by atoms with van der Waals surface area (Å²) in [4.78, 5) is 22.3. The van der Waals surface area contributed by atoms with Crippen molar-refractivity contribution in [1.29, 1.82) is 0 Å². The largest absolute Gasteiger partial charge is 0.454 e. The van der Waals surface area contributed by atoms with E-state index in [1.165, 1.54) is 11.8 Å². The van der Waals surface area contributed by atoms with E-state index < -0.39 is 0 Å². The van der Waals surface area contributed by atoms with Gasteiger partial charge in [-0.2, -0.15) is 0 Å². The molecule has 6 rings (SSSR count). The number of carbonyl (C=O) groups excluding carboxylic acids is 1. The summed E-state index contributed by atoms with van der Waals surface area (Å²) in [7, 11) is 0. The van der Waals surface area contributed by atoms with Crippen LogP contribution >= 0.6 is 11.8 Å². The molecule has 0 spiro atoms. The zero-order valence-corrected chi connectivity index (χ0v) is 18.1. The lowest BCUT2D eigenvalue weighted by molar-refractivity contribution is -0.115. The Morgan fingerprint density at radius 1 is 0.970 bits per heavy atom. The maximum absolute atomic E-state index is 12.6. The van der Waals surface area contributed by atoms with Crippen LogP contribution in [0.5, 0.6) is 11.5 Å². The third-order valence-corrected chi connectivity index (χ3v) is 6.30. The molecular formula is C26H17N3O3S. The van der Waals surface area contributed by atoms with Gasteiger partial charge in [0.25, 0.3) is 5.91 Å². The summed E-state index contributed by atoms with van der Waals surface area (Å²) < 4.78 is 10.9. The molecule has 0 saturated carbocycles. The number of carbonyl (C=O) groups is 1. The number of benzene rings is 3. The van der Waals surface area contributed by atoms with Gasteiger partial charge in [0.1, 0.15) is 0 Å². The van der Waals surface area contributed by atoms with Crippen LogP contribution in [-0.2, 0) is 4.79 Å². The van der Waals surface area contributed by atoms with Gasteiger partial charge in [0.2, 0.25) is 6.79 Å². The van der Waals surface area contributed by atoms with Gasteiger partial charge in [0.15, 0.2) is 16.7 Å². The Morgan fingerprint density at radius 2 is 1.88 bits per heavy atom. The van der Waals surface area contributed by atoms with E-state index in [1.807, 2.05) is 78.9 Å². The molecule has 0 aliphatic carbocycles. The molecule has 1 fully saturated rings. The topological polar surface area (TPSA) is 72.8 Å². The molecule has 160 valence electrons. The summed E-state index contributed by atoms with van der Waals surface area (Å²) >= 11 is 1.33. The van der Waals surface area contributed by atoms with Crippen LogP contribution in [0.2, 0.25) is 0 Å². The number of aromatic nitrogens is 1. The summed E-state index contributed by atoms with van der Waals surface area (Å²) in [5.74, 6) is 1.29. The summed E-state index contributed by atoms with van der Waals surface area (Å²) in [6.07, 6.45) is 3.64. The Balaban J connectivity index is 1.30. The Bertz CT molecular complexity index is 1480. The van der Waals surface area contributed by atoms with Crippen molar-refractivity contribution >= 4 is 45.5 Å². The third kappa shape index (κ3) is 3.83. The molecule has 4 aromatic rings.